The molecule has 0 aromatic carbocycles. The van der Waals surface area contributed by atoms with E-state index in [0.29, 0.717) is 30.1 Å². The van der Waals surface area contributed by atoms with E-state index in [-0.39, 0.29) is 41.1 Å². The van der Waals surface area contributed by atoms with Gasteiger partial charge in [0.1, 0.15) is 24.4 Å². The van der Waals surface area contributed by atoms with Crippen LogP contribution in [0.4, 0.5) is 0 Å². The third kappa shape index (κ3) is 7.59. The number of hydrogen-bond donors (Lipinski definition) is 5. The summed E-state index contributed by atoms with van der Waals surface area (Å²) < 4.78 is 12.6. The third-order valence-electron chi connectivity index (χ3n) is 12.9. The summed E-state index contributed by atoms with van der Waals surface area (Å²) in [5, 5.41) is 43.5. The van der Waals surface area contributed by atoms with Crippen LogP contribution in [0.1, 0.15) is 99.8 Å². The second-order valence-electron chi connectivity index (χ2n) is 16.2. The summed E-state index contributed by atoms with van der Waals surface area (Å²) in [5.41, 5.74) is 3.34. The number of aliphatic hydroxyl groups excluding tert-OH is 3. The van der Waals surface area contributed by atoms with E-state index >= 15 is 0 Å². The molecule has 0 radical (unpaired) electrons. The van der Waals surface area contributed by atoms with Crippen molar-refractivity contribution in [1.82, 2.24) is 5.32 Å². The number of carboxylic acid groups (broad SMARTS) is 1. The third-order valence-corrected chi connectivity index (χ3v) is 12.9. The van der Waals surface area contributed by atoms with Gasteiger partial charge in [0.2, 0.25) is 5.91 Å². The molecule has 1 heterocycles. The van der Waals surface area contributed by atoms with E-state index in [4.69, 9.17) is 9.47 Å². The second kappa shape index (κ2) is 14.8. The first-order valence-corrected chi connectivity index (χ1v) is 17.7. The van der Waals surface area contributed by atoms with Gasteiger partial charge in [0.15, 0.2) is 6.29 Å². The van der Waals surface area contributed by atoms with Crippen LogP contribution in [-0.2, 0) is 19.1 Å². The van der Waals surface area contributed by atoms with Crippen LogP contribution in [0.15, 0.2) is 36.0 Å². The summed E-state index contributed by atoms with van der Waals surface area (Å²) >= 11 is 0. The van der Waals surface area contributed by atoms with Crippen LogP contribution < -0.4 is 5.32 Å². The molecule has 12 unspecified atom stereocenters. The molecule has 4 rings (SSSR count). The lowest BCUT2D eigenvalue weighted by atomic mass is 9.50. The molecule has 0 bridgehead atoms. The number of allylic oxidation sites excluding steroid dienone is 4. The Morgan fingerprint density at radius 1 is 1.15 bits per heavy atom. The highest BCUT2D eigenvalue weighted by Gasteiger charge is 2.55. The van der Waals surface area contributed by atoms with Crippen LogP contribution >= 0.6 is 0 Å². The number of nitrogens with one attached hydrogen (secondary N) is 1. The smallest absolute Gasteiger partial charge is 0.303 e. The summed E-state index contributed by atoms with van der Waals surface area (Å²) in [7, 11) is 0. The Morgan fingerprint density at radius 2 is 1.83 bits per heavy atom. The Balaban J connectivity index is 1.56. The minimum absolute atomic E-state index is 0.153. The predicted molar refractivity (Wildman–Crippen MR) is 181 cm³/mol. The van der Waals surface area contributed by atoms with Gasteiger partial charge in [-0.25, -0.2) is 0 Å². The number of hydrogen-bond acceptors (Lipinski definition) is 7. The van der Waals surface area contributed by atoms with Crippen LogP contribution in [0.3, 0.4) is 0 Å². The van der Waals surface area contributed by atoms with Crippen LogP contribution in [-0.4, -0.2) is 75.7 Å². The molecule has 1 aliphatic heterocycles. The van der Waals surface area contributed by atoms with Crippen molar-refractivity contribution < 1.29 is 39.5 Å². The van der Waals surface area contributed by atoms with Crippen molar-refractivity contribution in [3.05, 3.63) is 36.0 Å². The molecule has 47 heavy (non-hydrogen) atoms. The number of ether oxygens (including phenoxy) is 2. The quantitative estimate of drug-likeness (QED) is 0.147. The van der Waals surface area contributed by atoms with Gasteiger partial charge in [0.05, 0.1) is 12.7 Å². The van der Waals surface area contributed by atoms with E-state index in [0.717, 1.165) is 44.1 Å². The fourth-order valence-corrected chi connectivity index (χ4v) is 10.2. The molecular formula is C38H61NO8. The number of carboxylic acids is 1. The van der Waals surface area contributed by atoms with E-state index in [1.807, 2.05) is 0 Å². The van der Waals surface area contributed by atoms with Gasteiger partial charge in [-0.2, -0.15) is 0 Å². The van der Waals surface area contributed by atoms with E-state index in [1.54, 1.807) is 0 Å². The lowest BCUT2D eigenvalue weighted by Gasteiger charge is -2.58. The predicted octanol–water partition coefficient (Wildman–Crippen LogP) is 5.39. The molecule has 1 saturated heterocycles. The first-order valence-electron chi connectivity index (χ1n) is 17.7. The normalized spacial score (nSPS) is 41.8. The van der Waals surface area contributed by atoms with Crippen molar-refractivity contribution in [1.29, 1.82) is 0 Å². The van der Waals surface area contributed by atoms with E-state index in [2.05, 4.69) is 66.1 Å². The highest BCUT2D eigenvalue weighted by Crippen LogP contribution is 2.59. The maximum absolute atomic E-state index is 12.0. The summed E-state index contributed by atoms with van der Waals surface area (Å²) in [6.07, 6.45) is 3.68. The largest absolute Gasteiger partial charge is 0.481 e. The summed E-state index contributed by atoms with van der Waals surface area (Å²) in [5.74, 6) is 0.760. The van der Waals surface area contributed by atoms with Crippen molar-refractivity contribution in [2.75, 3.05) is 6.61 Å². The number of amides is 1. The highest BCUT2D eigenvalue weighted by atomic mass is 16.7. The van der Waals surface area contributed by atoms with Crippen molar-refractivity contribution in [3.63, 3.8) is 0 Å². The molecule has 13 atom stereocenters. The van der Waals surface area contributed by atoms with Crippen LogP contribution in [0.25, 0.3) is 0 Å². The lowest BCUT2D eigenvalue weighted by molar-refractivity contribution is -0.301. The Hall–Kier alpha value is -2.04. The van der Waals surface area contributed by atoms with Crippen LogP contribution in [0.5, 0.6) is 0 Å². The molecule has 266 valence electrons. The Labute approximate surface area is 281 Å². The topological polar surface area (TPSA) is 146 Å². The molecule has 0 spiro atoms. The highest BCUT2D eigenvalue weighted by molar-refractivity contribution is 5.73. The average Bonchev–Trinajstić information content (AvgIpc) is 2.98. The number of rotatable bonds is 11. The zero-order valence-electron chi connectivity index (χ0n) is 29.7. The average molecular weight is 660 g/mol. The molecule has 2 saturated carbocycles. The molecule has 3 fully saturated rings. The maximum atomic E-state index is 12.0. The fraction of sp³-hybridized carbons (Fsp3) is 0.789. The van der Waals surface area contributed by atoms with Crippen LogP contribution in [0.2, 0.25) is 0 Å². The molecule has 1 amide bonds. The molecule has 5 N–H and O–H groups in total. The molecule has 0 aromatic heterocycles. The van der Waals surface area contributed by atoms with Gasteiger partial charge in [-0.1, -0.05) is 63.6 Å². The molecule has 9 nitrogen and oxygen atoms in total. The molecule has 3 aliphatic carbocycles. The molecule has 4 aliphatic rings. The SMILES string of the molecule is C=C1CCC2C(C1CCC1C(C)=CCC(C(=C)C)C1(C)CCC(=O)O)[C@@H](C)CC(OC1OC(CO)C(O)C(O)C1NC(C)=O)C2(C)C. The van der Waals surface area contributed by atoms with Gasteiger partial charge in [-0.3, -0.25) is 9.59 Å². The summed E-state index contributed by atoms with van der Waals surface area (Å²) in [6, 6.07) is -0.974. The first kappa shape index (κ1) is 37.8. The zero-order chi connectivity index (χ0) is 35.0. The number of carbonyl (C=O) groups excluding carboxylic acids is 1. The maximum Gasteiger partial charge on any atom is 0.303 e. The van der Waals surface area contributed by atoms with E-state index in [9.17, 15) is 30.0 Å². The number of aliphatic hydroxyl groups is 3. The van der Waals surface area contributed by atoms with E-state index < -0.39 is 43.2 Å². The van der Waals surface area contributed by atoms with E-state index in [1.165, 1.54) is 18.1 Å². The van der Waals surface area contributed by atoms with Gasteiger partial charge in [0, 0.05) is 13.3 Å². The lowest BCUT2D eigenvalue weighted by Crippen LogP contribution is -2.66. The molecule has 9 heteroatoms. The Kier molecular flexibility index (Phi) is 11.9. The minimum atomic E-state index is -1.36. The van der Waals surface area contributed by atoms with Crippen LogP contribution in [0, 0.1) is 46.3 Å². The number of carbonyl (C=O) groups is 2. The second-order valence-corrected chi connectivity index (χ2v) is 16.2. The van der Waals surface area contributed by atoms with Gasteiger partial charge in [0.25, 0.3) is 0 Å². The van der Waals surface area contributed by atoms with Gasteiger partial charge < -0.3 is 35.2 Å². The van der Waals surface area contributed by atoms with Gasteiger partial charge in [-0.15, -0.1) is 0 Å². The van der Waals surface area contributed by atoms with Gasteiger partial charge in [-0.05, 0) is 105 Å². The number of aliphatic carboxylic acids is 1. The standard InChI is InChI=1S/C38H61NO8/c1-20(2)26-13-11-22(4)27(38(26,9)17-16-31(42)43)15-12-25-21(3)10-14-28-32(25)23(5)18-30(37(28,7)8)47-36-33(39-24(6)41)35(45)34(44)29(19-40)46-36/h11,23,25-30,32-36,40,44-45H,1,3,10,12-19H2,2,4-9H3,(H,39,41)(H,42,43)/t23-,25?,26?,27?,28?,29?,30?,32?,33?,34?,35?,36?,38?/m0/s1. The van der Waals surface area contributed by atoms with Crippen molar-refractivity contribution >= 4 is 11.9 Å². The number of fused-ring (bicyclic) bond motifs is 1. The van der Waals surface area contributed by atoms with Gasteiger partial charge >= 0.3 is 5.97 Å². The Morgan fingerprint density at radius 3 is 2.43 bits per heavy atom. The van der Waals surface area contributed by atoms with Crippen molar-refractivity contribution in [2.24, 2.45) is 46.3 Å². The monoisotopic (exact) mass is 659 g/mol. The first-order chi connectivity index (χ1) is 21.9. The summed E-state index contributed by atoms with van der Waals surface area (Å²) in [4.78, 5) is 23.7. The van der Waals surface area contributed by atoms with Crippen molar-refractivity contribution in [2.45, 2.75) is 137 Å². The molecule has 0 aromatic rings. The Bertz CT molecular complexity index is 1210. The zero-order valence-corrected chi connectivity index (χ0v) is 29.7. The minimum Gasteiger partial charge on any atom is -0.481 e. The molecular weight excluding hydrogens is 598 g/mol. The fourth-order valence-electron chi connectivity index (χ4n) is 10.2. The van der Waals surface area contributed by atoms with Crippen molar-refractivity contribution in [3.8, 4) is 0 Å². The summed E-state index contributed by atoms with van der Waals surface area (Å²) in [6.45, 7) is 23.1.